The molecule has 110 valence electrons. The third kappa shape index (κ3) is 4.68. The first-order chi connectivity index (χ1) is 9.10. The first-order valence-electron chi connectivity index (χ1n) is 6.61. The number of carboxylic acids is 1. The summed E-state index contributed by atoms with van der Waals surface area (Å²) in [5.74, 6) is -1.27. The number of carboxylic acid groups (broad SMARTS) is 1. The summed E-state index contributed by atoms with van der Waals surface area (Å²) in [6.45, 7) is -0.645. The van der Waals surface area contributed by atoms with E-state index < -0.39 is 24.6 Å². The SMILES string of the molecule is O=C(O)C(CO)NC(=O)N(CCO)C1CCCCC1. The average Bonchev–Trinajstić information content (AvgIpc) is 2.42. The molecule has 0 aromatic heterocycles. The number of aliphatic hydroxyl groups is 2. The molecule has 4 N–H and O–H groups in total. The Balaban J connectivity index is 2.63. The molecular formula is C12H22N2O5. The van der Waals surface area contributed by atoms with Crippen molar-refractivity contribution < 1.29 is 24.9 Å². The Morgan fingerprint density at radius 2 is 1.84 bits per heavy atom. The van der Waals surface area contributed by atoms with Gasteiger partial charge < -0.3 is 25.5 Å². The fourth-order valence-corrected chi connectivity index (χ4v) is 2.37. The quantitative estimate of drug-likeness (QED) is 0.535. The molecule has 2 amide bonds. The number of nitrogens with one attached hydrogen (secondary N) is 1. The summed E-state index contributed by atoms with van der Waals surface area (Å²) >= 11 is 0. The van der Waals surface area contributed by atoms with Crippen molar-refractivity contribution in [2.45, 2.75) is 44.2 Å². The Hall–Kier alpha value is -1.34. The minimum absolute atomic E-state index is 0.0361. The van der Waals surface area contributed by atoms with Gasteiger partial charge in [-0.15, -0.1) is 0 Å². The number of nitrogens with zero attached hydrogens (tertiary/aromatic N) is 1. The number of hydrogen-bond acceptors (Lipinski definition) is 4. The summed E-state index contributed by atoms with van der Waals surface area (Å²) in [5, 5.41) is 29.0. The fraction of sp³-hybridized carbons (Fsp3) is 0.833. The number of carbonyl (C=O) groups excluding carboxylic acids is 1. The normalized spacial score (nSPS) is 17.8. The van der Waals surface area contributed by atoms with Crippen LogP contribution in [0.3, 0.4) is 0 Å². The lowest BCUT2D eigenvalue weighted by Crippen LogP contribution is -2.53. The summed E-state index contributed by atoms with van der Waals surface area (Å²) in [6, 6.07) is -1.81. The second-order valence-electron chi connectivity index (χ2n) is 4.73. The lowest BCUT2D eigenvalue weighted by Gasteiger charge is -2.34. The minimum Gasteiger partial charge on any atom is -0.480 e. The lowest BCUT2D eigenvalue weighted by atomic mass is 9.94. The molecule has 0 radical (unpaired) electrons. The van der Waals surface area contributed by atoms with Crippen LogP contribution in [0.2, 0.25) is 0 Å². The highest BCUT2D eigenvalue weighted by molar-refractivity contribution is 5.82. The number of carbonyl (C=O) groups is 2. The number of aliphatic hydroxyl groups excluding tert-OH is 2. The molecule has 1 unspecified atom stereocenters. The van der Waals surface area contributed by atoms with Gasteiger partial charge in [0.1, 0.15) is 0 Å². The van der Waals surface area contributed by atoms with Crippen LogP contribution in [0.5, 0.6) is 0 Å². The van der Waals surface area contributed by atoms with Crippen molar-refractivity contribution in [3.05, 3.63) is 0 Å². The third-order valence-corrected chi connectivity index (χ3v) is 3.40. The lowest BCUT2D eigenvalue weighted by molar-refractivity contribution is -0.140. The molecule has 7 heteroatoms. The van der Waals surface area contributed by atoms with E-state index >= 15 is 0 Å². The van der Waals surface area contributed by atoms with Crippen LogP contribution in [0.1, 0.15) is 32.1 Å². The highest BCUT2D eigenvalue weighted by Crippen LogP contribution is 2.22. The van der Waals surface area contributed by atoms with Gasteiger partial charge in [0, 0.05) is 12.6 Å². The highest BCUT2D eigenvalue weighted by Gasteiger charge is 2.28. The van der Waals surface area contributed by atoms with E-state index in [-0.39, 0.29) is 19.2 Å². The number of hydrogen-bond donors (Lipinski definition) is 4. The maximum absolute atomic E-state index is 12.0. The molecule has 1 atom stereocenters. The standard InChI is InChI=1S/C12H22N2O5/c15-7-6-14(9-4-2-1-3-5-9)12(19)13-10(8-16)11(17)18/h9-10,15-16H,1-8H2,(H,13,19)(H,17,18). The van der Waals surface area contributed by atoms with Gasteiger partial charge in [-0.25, -0.2) is 9.59 Å². The molecule has 1 rings (SSSR count). The molecular weight excluding hydrogens is 252 g/mol. The zero-order valence-corrected chi connectivity index (χ0v) is 10.9. The monoisotopic (exact) mass is 274 g/mol. The summed E-state index contributed by atoms with van der Waals surface area (Å²) < 4.78 is 0. The van der Waals surface area contributed by atoms with E-state index in [2.05, 4.69) is 5.32 Å². The number of rotatable bonds is 6. The van der Waals surface area contributed by atoms with Crippen LogP contribution in [0.25, 0.3) is 0 Å². The van der Waals surface area contributed by atoms with Crippen molar-refractivity contribution >= 4 is 12.0 Å². The van der Waals surface area contributed by atoms with Gasteiger partial charge in [-0.3, -0.25) is 0 Å². The molecule has 0 heterocycles. The van der Waals surface area contributed by atoms with Crippen molar-refractivity contribution in [1.29, 1.82) is 0 Å². The zero-order valence-electron chi connectivity index (χ0n) is 10.9. The number of urea groups is 1. The molecule has 19 heavy (non-hydrogen) atoms. The van der Waals surface area contributed by atoms with Crippen LogP contribution in [-0.2, 0) is 4.79 Å². The van der Waals surface area contributed by atoms with Gasteiger partial charge in [-0.2, -0.15) is 0 Å². The van der Waals surface area contributed by atoms with Crippen LogP contribution in [0.15, 0.2) is 0 Å². The molecule has 7 nitrogen and oxygen atoms in total. The summed E-state index contributed by atoms with van der Waals surface area (Å²) in [4.78, 5) is 24.3. The Morgan fingerprint density at radius 1 is 1.21 bits per heavy atom. The molecule has 0 aliphatic heterocycles. The molecule has 0 spiro atoms. The maximum atomic E-state index is 12.0. The number of aliphatic carboxylic acids is 1. The van der Waals surface area contributed by atoms with Crippen LogP contribution < -0.4 is 5.32 Å². The average molecular weight is 274 g/mol. The molecule has 0 aromatic carbocycles. The Bertz CT molecular complexity index is 304. The highest BCUT2D eigenvalue weighted by atomic mass is 16.4. The predicted octanol–water partition coefficient (Wildman–Crippen LogP) is -0.231. The van der Waals surface area contributed by atoms with E-state index in [1.54, 1.807) is 0 Å². The van der Waals surface area contributed by atoms with Crippen LogP contribution in [-0.4, -0.2) is 64.1 Å². The van der Waals surface area contributed by atoms with Crippen molar-refractivity contribution in [3.8, 4) is 0 Å². The molecule has 1 aliphatic carbocycles. The number of amides is 2. The summed E-state index contributed by atoms with van der Waals surface area (Å²) in [6.07, 6.45) is 4.93. The van der Waals surface area contributed by atoms with Crippen LogP contribution >= 0.6 is 0 Å². The van der Waals surface area contributed by atoms with Gasteiger partial charge in [-0.1, -0.05) is 19.3 Å². The topological polar surface area (TPSA) is 110 Å². The van der Waals surface area contributed by atoms with Crippen LogP contribution in [0.4, 0.5) is 4.79 Å². The minimum atomic E-state index is -1.31. The second kappa shape index (κ2) is 7.96. The third-order valence-electron chi connectivity index (χ3n) is 3.40. The molecule has 0 bridgehead atoms. The van der Waals surface area contributed by atoms with Crippen LogP contribution in [0, 0.1) is 0 Å². The van der Waals surface area contributed by atoms with E-state index in [9.17, 15) is 9.59 Å². The van der Waals surface area contributed by atoms with E-state index in [0.29, 0.717) is 0 Å². The maximum Gasteiger partial charge on any atom is 0.328 e. The van der Waals surface area contributed by atoms with Gasteiger partial charge in [0.25, 0.3) is 0 Å². The summed E-state index contributed by atoms with van der Waals surface area (Å²) in [7, 11) is 0. The van der Waals surface area contributed by atoms with Crippen molar-refractivity contribution in [2.24, 2.45) is 0 Å². The largest absolute Gasteiger partial charge is 0.480 e. The molecule has 1 fully saturated rings. The molecule has 1 aliphatic rings. The van der Waals surface area contributed by atoms with Gasteiger partial charge in [-0.05, 0) is 12.8 Å². The Morgan fingerprint density at radius 3 is 2.32 bits per heavy atom. The van der Waals surface area contributed by atoms with Gasteiger partial charge >= 0.3 is 12.0 Å². The first kappa shape index (κ1) is 15.7. The zero-order chi connectivity index (χ0) is 14.3. The van der Waals surface area contributed by atoms with Crippen molar-refractivity contribution in [2.75, 3.05) is 19.8 Å². The van der Waals surface area contributed by atoms with Gasteiger partial charge in [0.05, 0.1) is 13.2 Å². The molecule has 0 saturated heterocycles. The van der Waals surface area contributed by atoms with Gasteiger partial charge in [0.2, 0.25) is 0 Å². The van der Waals surface area contributed by atoms with Crippen molar-refractivity contribution in [3.63, 3.8) is 0 Å². The fourth-order valence-electron chi connectivity index (χ4n) is 2.37. The predicted molar refractivity (Wildman–Crippen MR) is 67.7 cm³/mol. The van der Waals surface area contributed by atoms with E-state index in [1.165, 1.54) is 4.90 Å². The van der Waals surface area contributed by atoms with E-state index in [4.69, 9.17) is 15.3 Å². The first-order valence-corrected chi connectivity index (χ1v) is 6.61. The van der Waals surface area contributed by atoms with Crippen molar-refractivity contribution in [1.82, 2.24) is 10.2 Å². The Labute approximate surface area is 112 Å². The smallest absolute Gasteiger partial charge is 0.328 e. The van der Waals surface area contributed by atoms with E-state index in [1.807, 2.05) is 0 Å². The second-order valence-corrected chi connectivity index (χ2v) is 4.73. The molecule has 0 aromatic rings. The Kier molecular flexibility index (Phi) is 6.58. The summed E-state index contributed by atoms with van der Waals surface area (Å²) in [5.41, 5.74) is 0. The van der Waals surface area contributed by atoms with Gasteiger partial charge in [0.15, 0.2) is 6.04 Å². The van der Waals surface area contributed by atoms with E-state index in [0.717, 1.165) is 32.1 Å². The molecule has 1 saturated carbocycles.